The van der Waals surface area contributed by atoms with Crippen molar-refractivity contribution in [2.45, 2.75) is 108 Å². The molecule has 0 spiro atoms. The molecule has 2 aliphatic carbocycles. The number of hydrogen-bond donors (Lipinski definition) is 4. The van der Waals surface area contributed by atoms with Crippen molar-refractivity contribution in [2.75, 3.05) is 18.8 Å². The fraction of sp³-hybridized carbons (Fsp3) is 0.615. The zero-order valence-electron chi connectivity index (χ0n) is 30.7. The molecule has 52 heavy (non-hydrogen) atoms. The predicted molar refractivity (Wildman–Crippen MR) is 198 cm³/mol. The highest BCUT2D eigenvalue weighted by molar-refractivity contribution is 7.90. The van der Waals surface area contributed by atoms with Crippen molar-refractivity contribution in [2.24, 2.45) is 23.2 Å². The second kappa shape index (κ2) is 17.0. The maximum atomic E-state index is 14.3. The number of fused-ring (bicyclic) bond motifs is 1. The van der Waals surface area contributed by atoms with Gasteiger partial charge in [0, 0.05) is 25.9 Å². The van der Waals surface area contributed by atoms with E-state index in [9.17, 15) is 32.4 Å². The molecule has 3 aliphatic rings. The highest BCUT2D eigenvalue weighted by atomic mass is 32.2. The molecule has 1 aromatic rings. The van der Waals surface area contributed by atoms with Crippen LogP contribution < -0.4 is 21.3 Å². The van der Waals surface area contributed by atoms with Gasteiger partial charge in [0.2, 0.25) is 17.6 Å². The number of benzene rings is 1. The Hall–Kier alpha value is -4.36. The Morgan fingerprint density at radius 3 is 2.23 bits per heavy atom. The van der Waals surface area contributed by atoms with E-state index in [1.807, 2.05) is 19.9 Å². The molecule has 4 N–H and O–H groups in total. The van der Waals surface area contributed by atoms with Crippen LogP contribution in [0.1, 0.15) is 84.6 Å². The van der Waals surface area contributed by atoms with Crippen molar-refractivity contribution in [1.29, 1.82) is 0 Å². The van der Waals surface area contributed by atoms with Crippen LogP contribution in [0, 0.1) is 47.9 Å². The molecule has 2 saturated carbocycles. The van der Waals surface area contributed by atoms with Crippen LogP contribution in [0.25, 0.3) is 0 Å². The number of rotatable bonds is 16. The van der Waals surface area contributed by atoms with E-state index in [-0.39, 0.29) is 67.0 Å². The summed E-state index contributed by atoms with van der Waals surface area (Å²) in [5.41, 5.74) is -0.570. The molecule has 1 aliphatic heterocycles. The lowest BCUT2D eigenvalue weighted by atomic mass is 9.83. The van der Waals surface area contributed by atoms with E-state index in [0.29, 0.717) is 18.4 Å². The molecule has 1 saturated heterocycles. The first-order chi connectivity index (χ1) is 24.6. The Labute approximate surface area is 308 Å². The van der Waals surface area contributed by atoms with E-state index < -0.39 is 63.0 Å². The largest absolute Gasteiger partial charge is 0.348 e. The first-order valence-electron chi connectivity index (χ1n) is 18.2. The summed E-state index contributed by atoms with van der Waals surface area (Å²) in [5.74, 6) is 1.10. The minimum absolute atomic E-state index is 0.0149. The van der Waals surface area contributed by atoms with Gasteiger partial charge in [0.15, 0.2) is 9.84 Å². The minimum Gasteiger partial charge on any atom is -0.348 e. The number of ketones is 1. The maximum absolute atomic E-state index is 14.3. The number of nitrogens with zero attached hydrogens (tertiary/aromatic N) is 1. The van der Waals surface area contributed by atoms with Crippen LogP contribution in [0.15, 0.2) is 30.3 Å². The number of carbonyl (C=O) groups excluding carboxylic acids is 5. The van der Waals surface area contributed by atoms with Crippen molar-refractivity contribution >= 4 is 39.4 Å². The van der Waals surface area contributed by atoms with Crippen LogP contribution in [0.4, 0.5) is 4.79 Å². The number of urea groups is 1. The Bertz CT molecular complexity index is 1690. The van der Waals surface area contributed by atoms with Crippen LogP contribution in [0.2, 0.25) is 0 Å². The first-order valence-corrected chi connectivity index (χ1v) is 20.0. The van der Waals surface area contributed by atoms with Crippen LogP contribution >= 0.6 is 0 Å². The number of amides is 5. The molecule has 0 bridgehead atoms. The average Bonchev–Trinajstić information content (AvgIpc) is 3.38. The summed E-state index contributed by atoms with van der Waals surface area (Å²) in [6.45, 7) is 7.98. The van der Waals surface area contributed by atoms with Gasteiger partial charge >= 0.3 is 6.03 Å². The zero-order chi connectivity index (χ0) is 38.3. The van der Waals surface area contributed by atoms with Gasteiger partial charge in [0.25, 0.3) is 5.91 Å². The van der Waals surface area contributed by atoms with Gasteiger partial charge < -0.3 is 26.2 Å². The summed E-state index contributed by atoms with van der Waals surface area (Å²) in [6.07, 6.45) is 14.5. The van der Waals surface area contributed by atoms with Gasteiger partial charge in [-0.1, -0.05) is 77.3 Å². The summed E-state index contributed by atoms with van der Waals surface area (Å²) in [7, 11) is -3.61. The lowest BCUT2D eigenvalue weighted by Gasteiger charge is -2.39. The molecule has 1 aromatic carbocycles. The Morgan fingerprint density at radius 2 is 1.62 bits per heavy atom. The number of hydrogen-bond acceptors (Lipinski definition) is 7. The van der Waals surface area contributed by atoms with Crippen LogP contribution in [-0.4, -0.2) is 85.4 Å². The van der Waals surface area contributed by atoms with Gasteiger partial charge in [-0.05, 0) is 48.0 Å². The van der Waals surface area contributed by atoms with Gasteiger partial charge in [-0.25, -0.2) is 13.2 Å². The van der Waals surface area contributed by atoms with Crippen LogP contribution in [0.3, 0.4) is 0 Å². The Kier molecular flexibility index (Phi) is 13.2. The quantitative estimate of drug-likeness (QED) is 0.115. The smallest absolute Gasteiger partial charge is 0.315 e. The molecule has 0 radical (unpaired) electrons. The molecular formula is C39H53N5O7S. The zero-order valence-corrected chi connectivity index (χ0v) is 31.5. The number of sulfone groups is 1. The number of piperidine rings is 1. The number of carbonyl (C=O) groups is 5. The van der Waals surface area contributed by atoms with Gasteiger partial charge in [-0.3, -0.25) is 19.2 Å². The standard InChI is InChI=1S/C39H53N5O7S/c1-7-9-19-29(33(45)35(47)40-22-10-8-2)41-34(46)32-30-28(38(30,5)6)23-44(32)36(48)31(26(3)4)42-37(49)43-39(20-15-12-16-21-39)25-52(50,51)24-27-17-13-11-14-18-27/h1-2,11,13-14,17-18,26,28-32H,9-10,12,15-16,19-25H2,3-6H3,(H,40,47)(H,41,46)(H2,42,43,49)/t28?,29?,30?,31-,32-/m0/s1. The summed E-state index contributed by atoms with van der Waals surface area (Å²) < 4.78 is 26.8. The molecule has 282 valence electrons. The highest BCUT2D eigenvalue weighted by Gasteiger charge is 2.69. The average molecular weight is 736 g/mol. The molecule has 0 aromatic heterocycles. The number of Topliss-reactive ketones (excluding diaryl/α,β-unsaturated/α-hetero) is 1. The van der Waals surface area contributed by atoms with Gasteiger partial charge in [-0.2, -0.15) is 0 Å². The van der Waals surface area contributed by atoms with E-state index in [1.165, 1.54) is 4.90 Å². The van der Waals surface area contributed by atoms with Crippen LogP contribution in [0.5, 0.6) is 0 Å². The topological polar surface area (TPSA) is 171 Å². The van der Waals surface area contributed by atoms with Crippen molar-refractivity contribution < 1.29 is 32.4 Å². The third-order valence-corrected chi connectivity index (χ3v) is 12.6. The number of likely N-dealkylation sites (tertiary alicyclic amines) is 1. The van der Waals surface area contributed by atoms with Crippen LogP contribution in [-0.2, 0) is 34.8 Å². The van der Waals surface area contributed by atoms with E-state index in [4.69, 9.17) is 12.8 Å². The first kappa shape index (κ1) is 40.4. The Morgan fingerprint density at radius 1 is 0.962 bits per heavy atom. The second-order valence-corrected chi connectivity index (χ2v) is 17.5. The molecular weight excluding hydrogens is 683 g/mol. The molecule has 5 atom stereocenters. The SMILES string of the molecule is C#CCCNC(=O)C(=O)C(CCC#C)NC(=O)[C@@H]1C2C(CN1C(=O)[C@@H](NC(=O)NC1(CS(=O)(=O)Cc3ccccc3)CCCCC1)C(C)C)C2(C)C. The van der Waals surface area contributed by atoms with Crippen molar-refractivity contribution in [3.8, 4) is 24.7 Å². The number of nitrogens with one attached hydrogen (secondary N) is 4. The molecule has 4 rings (SSSR count). The molecule has 1 heterocycles. The van der Waals surface area contributed by atoms with Crippen molar-refractivity contribution in [3.05, 3.63) is 35.9 Å². The normalized spacial score (nSPS) is 22.4. The summed E-state index contributed by atoms with van der Waals surface area (Å²) in [4.78, 5) is 69.2. The van der Waals surface area contributed by atoms with E-state index in [0.717, 1.165) is 19.3 Å². The number of terminal acetylenes is 2. The Balaban J connectivity index is 1.50. The highest BCUT2D eigenvalue weighted by Crippen LogP contribution is 2.65. The summed E-state index contributed by atoms with van der Waals surface area (Å²) in [5, 5.41) is 11.0. The van der Waals surface area contributed by atoms with Crippen molar-refractivity contribution in [3.63, 3.8) is 0 Å². The maximum Gasteiger partial charge on any atom is 0.315 e. The van der Waals surface area contributed by atoms with E-state index in [1.54, 1.807) is 38.1 Å². The third-order valence-electron chi connectivity index (χ3n) is 10.9. The summed E-state index contributed by atoms with van der Waals surface area (Å²) >= 11 is 0. The molecule has 5 amide bonds. The predicted octanol–water partition coefficient (Wildman–Crippen LogP) is 2.72. The second-order valence-electron chi connectivity index (χ2n) is 15.4. The minimum atomic E-state index is -3.61. The molecule has 3 fully saturated rings. The lowest BCUT2D eigenvalue weighted by molar-refractivity contribution is -0.144. The third kappa shape index (κ3) is 9.74. The van der Waals surface area contributed by atoms with Gasteiger partial charge in [0.1, 0.15) is 12.1 Å². The van der Waals surface area contributed by atoms with Gasteiger partial charge in [-0.15, -0.1) is 24.7 Å². The fourth-order valence-electron chi connectivity index (χ4n) is 8.00. The fourth-order valence-corrected chi connectivity index (χ4v) is 10.0. The monoisotopic (exact) mass is 735 g/mol. The van der Waals surface area contributed by atoms with Crippen molar-refractivity contribution in [1.82, 2.24) is 26.2 Å². The van der Waals surface area contributed by atoms with E-state index >= 15 is 0 Å². The lowest BCUT2D eigenvalue weighted by Crippen LogP contribution is -2.62. The molecule has 3 unspecified atom stereocenters. The van der Waals surface area contributed by atoms with Gasteiger partial charge in [0.05, 0.1) is 23.1 Å². The molecule has 13 heteroatoms. The molecule has 12 nitrogen and oxygen atoms in total. The summed E-state index contributed by atoms with van der Waals surface area (Å²) in [6, 6.07) is 5.08. The van der Waals surface area contributed by atoms with E-state index in [2.05, 4.69) is 33.1 Å².